The SMILES string of the molecule is CCCCCCCCC(CCCCCOCCCCCCC)C(F)(F)F. The molecular weight excluding hydrogens is 337 g/mol. The maximum atomic E-state index is 13.1. The summed E-state index contributed by atoms with van der Waals surface area (Å²) in [6, 6.07) is 0. The van der Waals surface area contributed by atoms with Gasteiger partial charge in [0.15, 0.2) is 0 Å². The van der Waals surface area contributed by atoms with E-state index < -0.39 is 12.1 Å². The fourth-order valence-electron chi connectivity index (χ4n) is 3.32. The van der Waals surface area contributed by atoms with Crippen molar-refractivity contribution in [1.29, 1.82) is 0 Å². The van der Waals surface area contributed by atoms with Crippen molar-refractivity contribution in [2.45, 2.75) is 123 Å². The first kappa shape index (κ1) is 25.8. The smallest absolute Gasteiger partial charge is 0.381 e. The third-order valence-electron chi connectivity index (χ3n) is 5.10. The Kier molecular flexibility index (Phi) is 18.0. The molecule has 0 aromatic carbocycles. The fraction of sp³-hybridized carbons (Fsp3) is 1.00. The Bertz CT molecular complexity index is 279. The Balaban J connectivity index is 3.60. The second-order valence-electron chi connectivity index (χ2n) is 7.67. The first-order chi connectivity index (χ1) is 12.5. The van der Waals surface area contributed by atoms with Gasteiger partial charge in [0.05, 0.1) is 5.92 Å². The van der Waals surface area contributed by atoms with Crippen molar-refractivity contribution in [3.63, 3.8) is 0 Å². The van der Waals surface area contributed by atoms with Crippen LogP contribution in [0.4, 0.5) is 13.2 Å². The normalized spacial score (nSPS) is 13.3. The van der Waals surface area contributed by atoms with Crippen molar-refractivity contribution in [3.05, 3.63) is 0 Å². The fourth-order valence-corrected chi connectivity index (χ4v) is 3.32. The number of hydrogen-bond acceptors (Lipinski definition) is 1. The lowest BCUT2D eigenvalue weighted by Gasteiger charge is -2.20. The molecule has 0 saturated carbocycles. The van der Waals surface area contributed by atoms with E-state index in [1.165, 1.54) is 38.5 Å². The Morgan fingerprint density at radius 3 is 1.42 bits per heavy atom. The Morgan fingerprint density at radius 2 is 0.962 bits per heavy atom. The summed E-state index contributed by atoms with van der Waals surface area (Å²) in [4.78, 5) is 0. The number of rotatable bonds is 19. The highest BCUT2D eigenvalue weighted by molar-refractivity contribution is 4.68. The van der Waals surface area contributed by atoms with Crippen LogP contribution in [0.1, 0.15) is 117 Å². The van der Waals surface area contributed by atoms with E-state index in [1.54, 1.807) is 0 Å². The molecule has 0 rings (SSSR count). The molecule has 0 amide bonds. The van der Waals surface area contributed by atoms with Gasteiger partial charge in [0.1, 0.15) is 0 Å². The van der Waals surface area contributed by atoms with E-state index in [1.807, 2.05) is 0 Å². The maximum Gasteiger partial charge on any atom is 0.391 e. The van der Waals surface area contributed by atoms with Crippen LogP contribution in [0, 0.1) is 5.92 Å². The maximum absolute atomic E-state index is 13.1. The van der Waals surface area contributed by atoms with Gasteiger partial charge < -0.3 is 4.74 Å². The molecule has 4 heteroatoms. The summed E-state index contributed by atoms with van der Waals surface area (Å²) in [7, 11) is 0. The average molecular weight is 381 g/mol. The zero-order chi connectivity index (χ0) is 19.5. The largest absolute Gasteiger partial charge is 0.391 e. The molecule has 0 saturated heterocycles. The summed E-state index contributed by atoms with van der Waals surface area (Å²) in [5.74, 6) is -1.10. The Labute approximate surface area is 160 Å². The molecule has 0 aliphatic carbocycles. The van der Waals surface area contributed by atoms with Crippen molar-refractivity contribution in [2.75, 3.05) is 13.2 Å². The number of hydrogen-bond donors (Lipinski definition) is 0. The van der Waals surface area contributed by atoms with Crippen LogP contribution in [0.3, 0.4) is 0 Å². The molecule has 1 atom stereocenters. The zero-order valence-electron chi connectivity index (χ0n) is 17.3. The highest BCUT2D eigenvalue weighted by Gasteiger charge is 2.38. The van der Waals surface area contributed by atoms with Gasteiger partial charge in [-0.1, -0.05) is 90.9 Å². The van der Waals surface area contributed by atoms with Crippen LogP contribution in [0.5, 0.6) is 0 Å². The minimum Gasteiger partial charge on any atom is -0.381 e. The van der Waals surface area contributed by atoms with Gasteiger partial charge in [-0.15, -0.1) is 0 Å². The molecule has 0 fully saturated rings. The molecular formula is C22H43F3O. The summed E-state index contributed by atoms with van der Waals surface area (Å²) in [6.45, 7) is 5.85. The second kappa shape index (κ2) is 18.1. The van der Waals surface area contributed by atoms with E-state index in [4.69, 9.17) is 4.74 Å². The number of halogens is 3. The van der Waals surface area contributed by atoms with Gasteiger partial charge in [0.2, 0.25) is 0 Å². The lowest BCUT2D eigenvalue weighted by atomic mass is 9.94. The van der Waals surface area contributed by atoms with Gasteiger partial charge in [-0.2, -0.15) is 13.2 Å². The quantitative estimate of drug-likeness (QED) is 0.204. The summed E-state index contributed by atoms with van der Waals surface area (Å²) in [6.07, 6.45) is 11.4. The van der Waals surface area contributed by atoms with E-state index in [0.29, 0.717) is 19.4 Å². The minimum absolute atomic E-state index is 0.287. The van der Waals surface area contributed by atoms with E-state index in [2.05, 4.69) is 13.8 Å². The molecule has 0 aliphatic rings. The van der Waals surface area contributed by atoms with Crippen molar-refractivity contribution < 1.29 is 17.9 Å². The van der Waals surface area contributed by atoms with E-state index in [0.717, 1.165) is 51.6 Å². The molecule has 0 bridgehead atoms. The van der Waals surface area contributed by atoms with Crippen molar-refractivity contribution in [3.8, 4) is 0 Å². The highest BCUT2D eigenvalue weighted by atomic mass is 19.4. The summed E-state index contributed by atoms with van der Waals surface area (Å²) in [5, 5.41) is 0. The predicted molar refractivity (Wildman–Crippen MR) is 106 cm³/mol. The van der Waals surface area contributed by atoms with Crippen LogP contribution in [-0.2, 0) is 4.74 Å². The number of unbranched alkanes of at least 4 members (excludes halogenated alkanes) is 11. The topological polar surface area (TPSA) is 9.23 Å². The molecule has 1 unspecified atom stereocenters. The highest BCUT2D eigenvalue weighted by Crippen LogP contribution is 2.34. The van der Waals surface area contributed by atoms with Crippen LogP contribution in [0.2, 0.25) is 0 Å². The number of ether oxygens (including phenoxy) is 1. The van der Waals surface area contributed by atoms with Crippen LogP contribution < -0.4 is 0 Å². The molecule has 0 aromatic rings. The van der Waals surface area contributed by atoms with Gasteiger partial charge in [-0.25, -0.2) is 0 Å². The molecule has 0 spiro atoms. The molecule has 158 valence electrons. The summed E-state index contributed by atoms with van der Waals surface area (Å²) < 4.78 is 45.0. The lowest BCUT2D eigenvalue weighted by molar-refractivity contribution is -0.178. The Morgan fingerprint density at radius 1 is 0.577 bits per heavy atom. The van der Waals surface area contributed by atoms with Crippen molar-refractivity contribution in [1.82, 2.24) is 0 Å². The average Bonchev–Trinajstić information content (AvgIpc) is 2.59. The van der Waals surface area contributed by atoms with Gasteiger partial charge >= 0.3 is 6.18 Å². The lowest BCUT2D eigenvalue weighted by Crippen LogP contribution is -2.23. The van der Waals surface area contributed by atoms with Crippen LogP contribution in [0.25, 0.3) is 0 Å². The third-order valence-corrected chi connectivity index (χ3v) is 5.10. The standard InChI is InChI=1S/C22H43F3O/c1-3-5-7-9-10-13-17-21(22(23,24)25)18-14-12-16-20-26-19-15-11-8-6-4-2/h21H,3-20H2,1-2H3. The molecule has 0 N–H and O–H groups in total. The van der Waals surface area contributed by atoms with E-state index in [9.17, 15) is 13.2 Å². The molecule has 26 heavy (non-hydrogen) atoms. The summed E-state index contributed by atoms with van der Waals surface area (Å²) in [5.41, 5.74) is 0. The van der Waals surface area contributed by atoms with Gasteiger partial charge in [0.25, 0.3) is 0 Å². The second-order valence-corrected chi connectivity index (χ2v) is 7.67. The minimum atomic E-state index is -4.03. The molecule has 0 radical (unpaired) electrons. The van der Waals surface area contributed by atoms with Crippen LogP contribution >= 0.6 is 0 Å². The predicted octanol–water partition coefficient (Wildman–Crippen LogP) is 8.46. The van der Waals surface area contributed by atoms with Gasteiger partial charge in [0, 0.05) is 13.2 Å². The Hall–Kier alpha value is -0.250. The molecule has 1 nitrogen and oxygen atoms in total. The van der Waals surface area contributed by atoms with Gasteiger partial charge in [-0.3, -0.25) is 0 Å². The monoisotopic (exact) mass is 380 g/mol. The molecule has 0 aromatic heterocycles. The molecule has 0 aliphatic heterocycles. The first-order valence-electron chi connectivity index (χ1n) is 11.2. The summed E-state index contributed by atoms with van der Waals surface area (Å²) >= 11 is 0. The van der Waals surface area contributed by atoms with Gasteiger partial charge in [-0.05, 0) is 25.7 Å². The van der Waals surface area contributed by atoms with E-state index in [-0.39, 0.29) is 6.42 Å². The van der Waals surface area contributed by atoms with Crippen LogP contribution in [0.15, 0.2) is 0 Å². The van der Waals surface area contributed by atoms with Crippen LogP contribution in [-0.4, -0.2) is 19.4 Å². The molecule has 0 heterocycles. The zero-order valence-corrected chi connectivity index (χ0v) is 17.3. The van der Waals surface area contributed by atoms with Crippen molar-refractivity contribution >= 4 is 0 Å². The van der Waals surface area contributed by atoms with Crippen molar-refractivity contribution in [2.24, 2.45) is 5.92 Å². The van der Waals surface area contributed by atoms with E-state index >= 15 is 0 Å². The third kappa shape index (κ3) is 17.2. The number of alkyl halides is 3. The first-order valence-corrected chi connectivity index (χ1v) is 11.2.